The number of hydrogen-bond acceptors (Lipinski definition) is 2. The molecule has 1 aliphatic rings. The topological polar surface area (TPSA) is 0 Å². The highest BCUT2D eigenvalue weighted by Gasteiger charge is 2.80. The molecule has 0 amide bonds. The van der Waals surface area contributed by atoms with Crippen LogP contribution in [0, 0.1) is 27.7 Å². The zero-order chi connectivity index (χ0) is 29.7. The van der Waals surface area contributed by atoms with E-state index in [2.05, 4.69) is 0 Å². The van der Waals surface area contributed by atoms with Crippen LogP contribution < -0.4 is 0 Å². The van der Waals surface area contributed by atoms with Crippen LogP contribution in [0.5, 0.6) is 0 Å². The fourth-order valence-electron chi connectivity index (χ4n) is 5.27. The third kappa shape index (κ3) is 4.71. The van der Waals surface area contributed by atoms with E-state index >= 15 is 26.3 Å². The number of halogens is 6. The third-order valence-electron chi connectivity index (χ3n) is 7.34. The van der Waals surface area contributed by atoms with Crippen molar-refractivity contribution in [2.45, 2.75) is 45.5 Å². The molecule has 0 fully saturated rings. The van der Waals surface area contributed by atoms with Crippen molar-refractivity contribution in [2.24, 2.45) is 0 Å². The van der Waals surface area contributed by atoms with Gasteiger partial charge in [-0.05, 0) is 62.1 Å². The molecule has 0 nitrogen and oxygen atoms in total. The predicted molar refractivity (Wildman–Crippen MR) is 160 cm³/mol. The maximum absolute atomic E-state index is 15.7. The summed E-state index contributed by atoms with van der Waals surface area (Å²) < 4.78 is 92.8. The third-order valence-corrected chi connectivity index (χ3v) is 9.68. The molecule has 0 bridgehead atoms. The van der Waals surface area contributed by atoms with Crippen LogP contribution in [-0.2, 0) is 0 Å². The lowest BCUT2D eigenvalue weighted by molar-refractivity contribution is -0.254. The molecule has 0 unspecified atom stereocenters. The number of hydrogen-bond donors (Lipinski definition) is 0. The molecule has 8 heteroatoms. The normalized spacial score (nSPS) is 17.8. The Morgan fingerprint density at radius 3 is 1.20 bits per heavy atom. The molecular formula is C33H26F6S2. The minimum Gasteiger partial charge on any atom is -0.194 e. The maximum Gasteiger partial charge on any atom is 0.380 e. The molecule has 212 valence electrons. The SMILES string of the molecule is Cc1sc(C=Cc2ccccc2)c(C)c1C1=C(c2c(C)sc(C=Cc3ccccc3)c2C)C(F)(F)C(F)(F)C1(F)F. The van der Waals surface area contributed by atoms with Gasteiger partial charge in [0.2, 0.25) is 0 Å². The lowest BCUT2D eigenvalue weighted by atomic mass is 9.90. The van der Waals surface area contributed by atoms with Gasteiger partial charge in [0.1, 0.15) is 0 Å². The Morgan fingerprint density at radius 1 is 0.512 bits per heavy atom. The molecule has 0 spiro atoms. The highest BCUT2D eigenvalue weighted by atomic mass is 32.1. The highest BCUT2D eigenvalue weighted by Crippen LogP contribution is 2.66. The van der Waals surface area contributed by atoms with E-state index in [4.69, 9.17) is 0 Å². The molecule has 2 aromatic heterocycles. The quantitative estimate of drug-likeness (QED) is 0.193. The summed E-state index contributed by atoms with van der Waals surface area (Å²) in [6.45, 7) is 6.04. The number of aryl methyl sites for hydroxylation is 2. The zero-order valence-electron chi connectivity index (χ0n) is 22.7. The maximum atomic E-state index is 15.7. The Kier molecular flexibility index (Phi) is 7.45. The van der Waals surface area contributed by atoms with Crippen LogP contribution in [0.4, 0.5) is 26.3 Å². The second kappa shape index (κ2) is 10.5. The van der Waals surface area contributed by atoms with Crippen LogP contribution in [0.2, 0.25) is 0 Å². The van der Waals surface area contributed by atoms with Gasteiger partial charge in [-0.25, -0.2) is 0 Å². The van der Waals surface area contributed by atoms with E-state index in [0.29, 0.717) is 9.75 Å². The average Bonchev–Trinajstić information content (AvgIpc) is 3.41. The highest BCUT2D eigenvalue weighted by molar-refractivity contribution is 7.13. The molecule has 0 N–H and O–H groups in total. The minimum absolute atomic E-state index is 0.245. The molecule has 1 aliphatic carbocycles. The monoisotopic (exact) mass is 600 g/mol. The van der Waals surface area contributed by atoms with E-state index in [1.165, 1.54) is 27.7 Å². The van der Waals surface area contributed by atoms with Crippen molar-refractivity contribution < 1.29 is 26.3 Å². The average molecular weight is 601 g/mol. The van der Waals surface area contributed by atoms with Gasteiger partial charge in [-0.15, -0.1) is 22.7 Å². The standard InChI is InChI=1S/C33H26F6S2/c1-19-25(17-15-23-11-7-5-8-12-23)40-21(3)27(19)29-30(32(36,37)33(38,39)31(29,34)35)28-20(2)26(41-22(28)4)18-16-24-13-9-6-10-14-24/h5-18H,1-4H3. The van der Waals surface area contributed by atoms with Gasteiger partial charge >= 0.3 is 17.8 Å². The van der Waals surface area contributed by atoms with Crippen molar-refractivity contribution in [1.82, 2.24) is 0 Å². The molecule has 0 aliphatic heterocycles. The first-order valence-electron chi connectivity index (χ1n) is 12.8. The fourth-order valence-corrected chi connectivity index (χ4v) is 7.42. The van der Waals surface area contributed by atoms with E-state index in [1.807, 2.05) is 60.7 Å². The summed E-state index contributed by atoms with van der Waals surface area (Å²) >= 11 is 2.22. The molecule has 0 saturated carbocycles. The number of benzene rings is 2. The summed E-state index contributed by atoms with van der Waals surface area (Å²) in [4.78, 5) is 1.61. The molecule has 2 aromatic carbocycles. The van der Waals surface area contributed by atoms with E-state index in [1.54, 1.807) is 24.3 Å². The Balaban J connectivity index is 1.72. The van der Waals surface area contributed by atoms with E-state index < -0.39 is 28.9 Å². The molecular weight excluding hydrogens is 574 g/mol. The van der Waals surface area contributed by atoms with Crippen molar-refractivity contribution in [1.29, 1.82) is 0 Å². The Morgan fingerprint density at radius 2 is 0.854 bits per heavy atom. The van der Waals surface area contributed by atoms with Crippen LogP contribution in [0.15, 0.2) is 60.7 Å². The van der Waals surface area contributed by atoms with Gasteiger partial charge in [0.05, 0.1) is 0 Å². The first kappa shape index (κ1) is 29.1. The van der Waals surface area contributed by atoms with Gasteiger partial charge in [-0.2, -0.15) is 26.3 Å². The number of allylic oxidation sites excluding steroid dienone is 2. The van der Waals surface area contributed by atoms with Gasteiger partial charge in [0.25, 0.3) is 0 Å². The first-order valence-corrected chi connectivity index (χ1v) is 14.5. The molecule has 41 heavy (non-hydrogen) atoms. The largest absolute Gasteiger partial charge is 0.380 e. The summed E-state index contributed by atoms with van der Waals surface area (Å²) in [5.41, 5.74) is -0.850. The van der Waals surface area contributed by atoms with Crippen molar-refractivity contribution in [3.05, 3.63) is 114 Å². The minimum atomic E-state index is -5.60. The molecule has 5 rings (SSSR count). The van der Waals surface area contributed by atoms with Gasteiger partial charge in [-0.1, -0.05) is 72.8 Å². The van der Waals surface area contributed by atoms with Crippen molar-refractivity contribution >= 4 is 58.1 Å². The van der Waals surface area contributed by atoms with Crippen LogP contribution in [0.1, 0.15) is 52.9 Å². The second-order valence-electron chi connectivity index (χ2n) is 10.0. The van der Waals surface area contributed by atoms with Crippen LogP contribution >= 0.6 is 22.7 Å². The van der Waals surface area contributed by atoms with E-state index in [-0.39, 0.29) is 32.0 Å². The first-order chi connectivity index (χ1) is 19.3. The van der Waals surface area contributed by atoms with Gasteiger partial charge < -0.3 is 0 Å². The number of alkyl halides is 6. The summed E-state index contributed by atoms with van der Waals surface area (Å²) in [5.74, 6) is -15.8. The van der Waals surface area contributed by atoms with Gasteiger partial charge in [0, 0.05) is 41.8 Å². The smallest absolute Gasteiger partial charge is 0.194 e. The zero-order valence-corrected chi connectivity index (χ0v) is 24.3. The van der Waals surface area contributed by atoms with Crippen LogP contribution in [0.25, 0.3) is 35.5 Å². The molecule has 0 saturated heterocycles. The molecule has 0 atom stereocenters. The Hall–Kier alpha value is -3.36. The van der Waals surface area contributed by atoms with Crippen LogP contribution in [-0.4, -0.2) is 17.8 Å². The number of thiophene rings is 2. The summed E-state index contributed by atoms with van der Waals surface area (Å²) in [7, 11) is 0. The van der Waals surface area contributed by atoms with Crippen molar-refractivity contribution in [3.8, 4) is 0 Å². The van der Waals surface area contributed by atoms with Gasteiger partial charge in [-0.3, -0.25) is 0 Å². The molecule has 0 radical (unpaired) electrons. The predicted octanol–water partition coefficient (Wildman–Crippen LogP) is 11.2. The Bertz CT molecular complexity index is 1560. The summed E-state index contributed by atoms with van der Waals surface area (Å²) in [6.07, 6.45) is 6.93. The summed E-state index contributed by atoms with van der Waals surface area (Å²) in [6, 6.07) is 18.5. The van der Waals surface area contributed by atoms with Gasteiger partial charge in [0.15, 0.2) is 0 Å². The lowest BCUT2D eigenvalue weighted by Gasteiger charge is -2.26. The van der Waals surface area contributed by atoms with E-state index in [0.717, 1.165) is 33.8 Å². The fraction of sp³-hybridized carbons (Fsp3) is 0.212. The van der Waals surface area contributed by atoms with Crippen LogP contribution in [0.3, 0.4) is 0 Å². The lowest BCUT2D eigenvalue weighted by Crippen LogP contribution is -2.49. The number of rotatable bonds is 6. The van der Waals surface area contributed by atoms with E-state index in [9.17, 15) is 0 Å². The second-order valence-corrected chi connectivity index (χ2v) is 12.5. The van der Waals surface area contributed by atoms with Crippen molar-refractivity contribution in [3.63, 3.8) is 0 Å². The van der Waals surface area contributed by atoms with Crippen molar-refractivity contribution in [2.75, 3.05) is 0 Å². The molecule has 4 aromatic rings. The Labute approximate surface area is 243 Å². The molecule has 2 heterocycles. The summed E-state index contributed by atoms with van der Waals surface area (Å²) in [5, 5.41) is 0.